The van der Waals surface area contributed by atoms with Gasteiger partial charge >= 0.3 is 5.69 Å². The van der Waals surface area contributed by atoms with Gasteiger partial charge in [0.25, 0.3) is 0 Å². The summed E-state index contributed by atoms with van der Waals surface area (Å²) in [5, 5.41) is 11.4. The molecule has 0 amide bonds. The number of hydrogen-bond acceptors (Lipinski definition) is 5. The molecule has 0 aromatic heterocycles. The maximum atomic E-state index is 13.2. The van der Waals surface area contributed by atoms with Crippen molar-refractivity contribution in [3.63, 3.8) is 0 Å². The van der Waals surface area contributed by atoms with Crippen LogP contribution in [0.1, 0.15) is 12.8 Å². The van der Waals surface area contributed by atoms with Gasteiger partial charge in [-0.15, -0.1) is 0 Å². The van der Waals surface area contributed by atoms with Crippen LogP contribution in [0.25, 0.3) is 0 Å². The molecule has 0 N–H and O–H groups in total. The van der Waals surface area contributed by atoms with Crippen LogP contribution in [-0.4, -0.2) is 30.7 Å². The Labute approximate surface area is 157 Å². The van der Waals surface area contributed by atoms with Crippen LogP contribution in [0, 0.1) is 15.9 Å². The van der Waals surface area contributed by atoms with Crippen LogP contribution in [0.2, 0.25) is 0 Å². The van der Waals surface area contributed by atoms with Crippen LogP contribution < -0.4 is 4.74 Å². The van der Waals surface area contributed by atoms with Gasteiger partial charge in [-0.05, 0) is 59.1 Å². The lowest BCUT2D eigenvalue weighted by Crippen LogP contribution is -2.27. The molecule has 3 rings (SSSR count). The lowest BCUT2D eigenvalue weighted by molar-refractivity contribution is -0.385. The fourth-order valence-electron chi connectivity index (χ4n) is 2.64. The van der Waals surface area contributed by atoms with Gasteiger partial charge in [0.15, 0.2) is 0 Å². The Bertz CT molecular complexity index is 961. The van der Waals surface area contributed by atoms with Crippen molar-refractivity contribution >= 4 is 31.6 Å². The van der Waals surface area contributed by atoms with E-state index in [2.05, 4.69) is 15.9 Å². The maximum Gasteiger partial charge on any atom is 0.312 e. The fraction of sp³-hybridized carbons (Fsp3) is 0.250. The molecule has 0 atom stereocenters. The second-order valence-electron chi connectivity index (χ2n) is 5.67. The molecular weight excluding hydrogens is 431 g/mol. The van der Waals surface area contributed by atoms with Crippen molar-refractivity contribution in [2.24, 2.45) is 0 Å². The number of rotatable bonds is 5. The van der Waals surface area contributed by atoms with E-state index in [0.29, 0.717) is 13.1 Å². The summed E-state index contributed by atoms with van der Waals surface area (Å²) in [5.41, 5.74) is -0.485. The fourth-order valence-corrected chi connectivity index (χ4v) is 4.61. The molecular formula is C16H14BrFN2O5S. The summed E-state index contributed by atoms with van der Waals surface area (Å²) in [6.45, 7) is 0.799. The van der Waals surface area contributed by atoms with Gasteiger partial charge < -0.3 is 4.74 Å². The average molecular weight is 445 g/mol. The van der Waals surface area contributed by atoms with Crippen molar-refractivity contribution in [3.05, 3.63) is 56.8 Å². The topological polar surface area (TPSA) is 89.8 Å². The minimum absolute atomic E-state index is 0.136. The second-order valence-corrected chi connectivity index (χ2v) is 8.47. The molecule has 2 aromatic rings. The highest BCUT2D eigenvalue weighted by atomic mass is 79.9. The molecule has 1 aliphatic heterocycles. The number of sulfonamides is 1. The van der Waals surface area contributed by atoms with E-state index in [-0.39, 0.29) is 20.9 Å². The molecule has 1 heterocycles. The molecule has 0 aliphatic carbocycles. The van der Waals surface area contributed by atoms with Crippen molar-refractivity contribution < 1.29 is 22.5 Å². The summed E-state index contributed by atoms with van der Waals surface area (Å²) in [7, 11) is -3.78. The van der Waals surface area contributed by atoms with E-state index in [1.165, 1.54) is 22.5 Å². The van der Waals surface area contributed by atoms with Crippen LogP contribution in [0.3, 0.4) is 0 Å². The molecule has 1 fully saturated rings. The monoisotopic (exact) mass is 444 g/mol. The van der Waals surface area contributed by atoms with Crippen molar-refractivity contribution in [1.82, 2.24) is 4.31 Å². The Morgan fingerprint density at radius 1 is 1.12 bits per heavy atom. The van der Waals surface area contributed by atoms with Crippen LogP contribution in [0.4, 0.5) is 10.1 Å². The van der Waals surface area contributed by atoms with Crippen LogP contribution in [0.15, 0.2) is 45.8 Å². The Hall–Kier alpha value is -2.04. The Balaban J connectivity index is 1.98. The first-order valence-corrected chi connectivity index (χ1v) is 9.94. The quantitative estimate of drug-likeness (QED) is 0.511. The zero-order valence-electron chi connectivity index (χ0n) is 13.4. The Morgan fingerprint density at radius 3 is 2.38 bits per heavy atom. The van der Waals surface area contributed by atoms with E-state index in [9.17, 15) is 22.9 Å². The molecule has 138 valence electrons. The van der Waals surface area contributed by atoms with Crippen LogP contribution >= 0.6 is 15.9 Å². The molecule has 0 radical (unpaired) electrons. The first-order valence-electron chi connectivity index (χ1n) is 7.70. The predicted octanol–water partition coefficient (Wildman–Crippen LogP) is 4.07. The number of ether oxygens (including phenoxy) is 1. The molecule has 0 spiro atoms. The SMILES string of the molecule is O=[N+]([O-])c1cc(S(=O)(=O)N2CCCC2)ccc1Oc1ccc(F)cc1Br. The van der Waals surface area contributed by atoms with Crippen LogP contribution in [0.5, 0.6) is 11.5 Å². The van der Waals surface area contributed by atoms with Crippen molar-refractivity contribution in [2.75, 3.05) is 13.1 Å². The minimum Gasteiger partial charge on any atom is -0.449 e. The average Bonchev–Trinajstić information content (AvgIpc) is 3.12. The number of nitro benzene ring substituents is 1. The smallest absolute Gasteiger partial charge is 0.312 e. The van der Waals surface area contributed by atoms with E-state index in [0.717, 1.165) is 31.0 Å². The van der Waals surface area contributed by atoms with Gasteiger partial charge in [-0.2, -0.15) is 4.31 Å². The minimum atomic E-state index is -3.78. The molecule has 1 aliphatic rings. The predicted molar refractivity (Wildman–Crippen MR) is 95.3 cm³/mol. The number of nitrogens with zero attached hydrogens (tertiary/aromatic N) is 2. The molecule has 0 bridgehead atoms. The van der Waals surface area contributed by atoms with E-state index < -0.39 is 26.5 Å². The van der Waals surface area contributed by atoms with E-state index in [1.54, 1.807) is 0 Å². The Kier molecular flexibility index (Phi) is 5.26. The summed E-state index contributed by atoms with van der Waals surface area (Å²) in [6.07, 6.45) is 1.53. The summed E-state index contributed by atoms with van der Waals surface area (Å²) in [4.78, 5) is 10.5. The van der Waals surface area contributed by atoms with E-state index in [4.69, 9.17) is 4.74 Å². The third kappa shape index (κ3) is 3.71. The zero-order valence-corrected chi connectivity index (χ0v) is 15.8. The van der Waals surface area contributed by atoms with Crippen molar-refractivity contribution in [1.29, 1.82) is 0 Å². The van der Waals surface area contributed by atoms with Gasteiger partial charge in [-0.3, -0.25) is 10.1 Å². The maximum absolute atomic E-state index is 13.2. The van der Waals surface area contributed by atoms with E-state index in [1.807, 2.05) is 0 Å². The second kappa shape index (κ2) is 7.29. The largest absolute Gasteiger partial charge is 0.449 e. The first-order chi connectivity index (χ1) is 12.3. The van der Waals surface area contributed by atoms with E-state index >= 15 is 0 Å². The zero-order chi connectivity index (χ0) is 18.9. The molecule has 10 heteroatoms. The van der Waals surface area contributed by atoms with Gasteiger partial charge in [-0.1, -0.05) is 0 Å². The number of nitro groups is 1. The van der Waals surface area contributed by atoms with Crippen molar-refractivity contribution in [3.8, 4) is 11.5 Å². The standard InChI is InChI=1S/C16H14BrFN2O5S/c17-13-9-11(18)3-5-15(13)25-16-6-4-12(10-14(16)20(21)22)26(23,24)19-7-1-2-8-19/h3-6,9-10H,1-2,7-8H2. The van der Waals surface area contributed by atoms with Gasteiger partial charge in [0.05, 0.1) is 14.3 Å². The molecule has 0 saturated carbocycles. The van der Waals surface area contributed by atoms with Crippen LogP contribution in [-0.2, 0) is 10.0 Å². The third-order valence-electron chi connectivity index (χ3n) is 3.94. The number of halogens is 2. The van der Waals surface area contributed by atoms with Gasteiger partial charge in [-0.25, -0.2) is 12.8 Å². The summed E-state index contributed by atoms with van der Waals surface area (Å²) in [5.74, 6) is -0.460. The molecule has 2 aromatic carbocycles. The lowest BCUT2D eigenvalue weighted by atomic mass is 10.3. The summed E-state index contributed by atoms with van der Waals surface area (Å²) in [6, 6.07) is 7.12. The van der Waals surface area contributed by atoms with Crippen molar-refractivity contribution in [2.45, 2.75) is 17.7 Å². The first kappa shape index (κ1) is 18.7. The number of hydrogen-bond donors (Lipinski definition) is 0. The molecule has 0 unspecified atom stereocenters. The Morgan fingerprint density at radius 2 is 1.77 bits per heavy atom. The van der Waals surface area contributed by atoms with Gasteiger partial charge in [0.1, 0.15) is 11.6 Å². The normalized spacial score (nSPS) is 15.2. The lowest BCUT2D eigenvalue weighted by Gasteiger charge is -2.16. The molecule has 1 saturated heterocycles. The third-order valence-corrected chi connectivity index (χ3v) is 6.46. The molecule has 7 nitrogen and oxygen atoms in total. The highest BCUT2D eigenvalue weighted by Crippen LogP contribution is 2.37. The highest BCUT2D eigenvalue weighted by molar-refractivity contribution is 9.10. The number of benzene rings is 2. The molecule has 26 heavy (non-hydrogen) atoms. The highest BCUT2D eigenvalue weighted by Gasteiger charge is 2.30. The summed E-state index contributed by atoms with van der Waals surface area (Å²) >= 11 is 3.12. The van der Waals surface area contributed by atoms with Gasteiger partial charge in [0.2, 0.25) is 15.8 Å². The summed E-state index contributed by atoms with van der Waals surface area (Å²) < 4.78 is 45.4. The van der Waals surface area contributed by atoms with Gasteiger partial charge in [0, 0.05) is 19.2 Å².